The van der Waals surface area contributed by atoms with Gasteiger partial charge < -0.3 is 9.84 Å². The van der Waals surface area contributed by atoms with E-state index in [1.54, 1.807) is 0 Å². The number of methoxy groups -OCH3 is 1. The molecule has 1 N–H and O–H groups in total. The zero-order valence-electron chi connectivity index (χ0n) is 8.23. The fraction of sp³-hybridized carbons (Fsp3) is 0.222. The highest BCUT2D eigenvalue weighted by Gasteiger charge is 2.38. The molecule has 94 valence electrons. The second kappa shape index (κ2) is 4.52. The summed E-state index contributed by atoms with van der Waals surface area (Å²) in [5, 5.41) is 8.65. The van der Waals surface area contributed by atoms with Gasteiger partial charge in [0.1, 0.15) is 11.1 Å². The molecule has 1 rings (SSSR count). The maximum atomic E-state index is 13.5. The van der Waals surface area contributed by atoms with Crippen LogP contribution in [0.1, 0.15) is 15.9 Å². The van der Waals surface area contributed by atoms with Crippen LogP contribution in [-0.2, 0) is 6.18 Å². The Morgan fingerprint density at radius 1 is 1.47 bits per heavy atom. The lowest BCUT2D eigenvalue weighted by atomic mass is 10.1. The molecule has 0 fully saturated rings. The van der Waals surface area contributed by atoms with Gasteiger partial charge in [-0.3, -0.25) is 0 Å². The van der Waals surface area contributed by atoms with Gasteiger partial charge in [0.15, 0.2) is 11.6 Å². The number of hydrogen-bond donors (Lipinski definition) is 1. The van der Waals surface area contributed by atoms with E-state index in [1.165, 1.54) is 0 Å². The number of carbonyl (C=O) groups is 1. The first-order valence-electron chi connectivity index (χ1n) is 4.06. The van der Waals surface area contributed by atoms with Crippen molar-refractivity contribution in [2.24, 2.45) is 0 Å². The van der Waals surface area contributed by atoms with Gasteiger partial charge in [-0.1, -0.05) is 0 Å². The summed E-state index contributed by atoms with van der Waals surface area (Å²) in [6, 6.07) is 0.464. The first-order valence-corrected chi connectivity index (χ1v) is 4.86. The number of benzene rings is 1. The zero-order chi connectivity index (χ0) is 13.4. The minimum atomic E-state index is -4.84. The number of halogens is 5. The van der Waals surface area contributed by atoms with Crippen molar-refractivity contribution in [1.29, 1.82) is 0 Å². The fourth-order valence-corrected chi connectivity index (χ4v) is 1.78. The van der Waals surface area contributed by atoms with E-state index in [0.717, 1.165) is 7.11 Å². The van der Waals surface area contributed by atoms with E-state index in [0.29, 0.717) is 6.07 Å². The average Bonchev–Trinajstić information content (AvgIpc) is 2.14. The van der Waals surface area contributed by atoms with Crippen LogP contribution in [0.25, 0.3) is 0 Å². The molecule has 17 heavy (non-hydrogen) atoms. The Balaban J connectivity index is 3.64. The number of ether oxygens (including phenoxy) is 1. The van der Waals surface area contributed by atoms with Crippen molar-refractivity contribution in [3.8, 4) is 5.75 Å². The zero-order valence-corrected chi connectivity index (χ0v) is 9.82. The van der Waals surface area contributed by atoms with Crippen molar-refractivity contribution in [3.05, 3.63) is 27.5 Å². The van der Waals surface area contributed by atoms with Crippen molar-refractivity contribution in [2.45, 2.75) is 6.18 Å². The standard InChI is InChI=1S/C9H5BrF4O3/c1-17-7-3(9(12,13)14)2-4(10)5(6(7)11)8(15)16/h2H,1H3,(H,15,16). The molecule has 0 saturated heterocycles. The summed E-state index contributed by atoms with van der Waals surface area (Å²) in [6.07, 6.45) is -4.84. The molecule has 1 aromatic carbocycles. The van der Waals surface area contributed by atoms with Gasteiger partial charge >= 0.3 is 12.1 Å². The summed E-state index contributed by atoms with van der Waals surface area (Å²) >= 11 is 2.58. The summed E-state index contributed by atoms with van der Waals surface area (Å²) in [5.74, 6) is -4.40. The molecule has 0 aliphatic carbocycles. The van der Waals surface area contributed by atoms with Crippen molar-refractivity contribution >= 4 is 21.9 Å². The lowest BCUT2D eigenvalue weighted by Gasteiger charge is -2.14. The van der Waals surface area contributed by atoms with Gasteiger partial charge in [-0.25, -0.2) is 9.18 Å². The second-order valence-corrected chi connectivity index (χ2v) is 3.79. The van der Waals surface area contributed by atoms with E-state index in [-0.39, 0.29) is 0 Å². The molecule has 8 heteroatoms. The third kappa shape index (κ3) is 2.51. The highest BCUT2D eigenvalue weighted by molar-refractivity contribution is 9.10. The summed E-state index contributed by atoms with van der Waals surface area (Å²) in [7, 11) is 0.827. The van der Waals surface area contributed by atoms with E-state index in [9.17, 15) is 22.4 Å². The number of alkyl halides is 3. The maximum absolute atomic E-state index is 13.5. The van der Waals surface area contributed by atoms with Gasteiger partial charge in [-0.15, -0.1) is 0 Å². The van der Waals surface area contributed by atoms with Gasteiger partial charge in [0.05, 0.1) is 7.11 Å². The van der Waals surface area contributed by atoms with Gasteiger partial charge in [0.2, 0.25) is 0 Å². The van der Waals surface area contributed by atoms with Crippen LogP contribution >= 0.6 is 15.9 Å². The van der Waals surface area contributed by atoms with Crippen LogP contribution in [0, 0.1) is 5.82 Å². The van der Waals surface area contributed by atoms with Gasteiger partial charge in [0.25, 0.3) is 0 Å². The Morgan fingerprint density at radius 3 is 2.35 bits per heavy atom. The molecule has 0 aliphatic heterocycles. The third-order valence-electron chi connectivity index (χ3n) is 1.90. The first kappa shape index (κ1) is 13.8. The summed E-state index contributed by atoms with van der Waals surface area (Å²) in [6.45, 7) is 0. The Bertz CT molecular complexity index is 470. The van der Waals surface area contributed by atoms with Crippen LogP contribution in [-0.4, -0.2) is 18.2 Å². The van der Waals surface area contributed by atoms with Gasteiger partial charge in [0, 0.05) is 4.47 Å². The molecule has 1 aromatic rings. The van der Waals surface area contributed by atoms with E-state index >= 15 is 0 Å². The quantitative estimate of drug-likeness (QED) is 0.851. The Labute approximate surface area is 101 Å². The van der Waals surface area contributed by atoms with Crippen molar-refractivity contribution in [2.75, 3.05) is 7.11 Å². The Morgan fingerprint density at radius 2 is 2.00 bits per heavy atom. The van der Waals surface area contributed by atoms with Gasteiger partial charge in [-0.2, -0.15) is 13.2 Å². The van der Waals surface area contributed by atoms with Crippen molar-refractivity contribution < 1.29 is 32.2 Å². The normalized spacial score (nSPS) is 11.4. The van der Waals surface area contributed by atoms with Crippen LogP contribution in [0.5, 0.6) is 5.75 Å². The molecule has 0 radical (unpaired) electrons. The topological polar surface area (TPSA) is 46.5 Å². The molecule has 0 saturated carbocycles. The molecule has 0 aliphatic rings. The molecule has 3 nitrogen and oxygen atoms in total. The largest absolute Gasteiger partial charge is 0.493 e. The van der Waals surface area contributed by atoms with Crippen molar-refractivity contribution in [1.82, 2.24) is 0 Å². The summed E-state index contributed by atoms with van der Waals surface area (Å²) in [4.78, 5) is 10.7. The molecule has 0 bridgehead atoms. The van der Waals surface area contributed by atoms with Crippen LogP contribution in [0.4, 0.5) is 17.6 Å². The minimum absolute atomic E-state index is 0.464. The minimum Gasteiger partial charge on any atom is -0.493 e. The third-order valence-corrected chi connectivity index (χ3v) is 2.52. The van der Waals surface area contributed by atoms with Crippen molar-refractivity contribution in [3.63, 3.8) is 0 Å². The lowest BCUT2D eigenvalue weighted by Crippen LogP contribution is -2.12. The number of carboxylic acids is 1. The molecule has 0 heterocycles. The summed E-state index contributed by atoms with van der Waals surface area (Å²) < 4.78 is 54.8. The highest BCUT2D eigenvalue weighted by atomic mass is 79.9. The van der Waals surface area contributed by atoms with Crippen LogP contribution in [0.2, 0.25) is 0 Å². The average molecular weight is 317 g/mol. The number of carboxylic acid groups (broad SMARTS) is 1. The molecular formula is C9H5BrF4O3. The van der Waals surface area contributed by atoms with E-state index in [4.69, 9.17) is 5.11 Å². The SMILES string of the molecule is COc1c(C(F)(F)F)cc(Br)c(C(=O)O)c1F. The van der Waals surface area contributed by atoms with E-state index < -0.39 is 39.3 Å². The Hall–Kier alpha value is -1.31. The van der Waals surface area contributed by atoms with Crippen LogP contribution < -0.4 is 4.74 Å². The van der Waals surface area contributed by atoms with Crippen LogP contribution in [0.15, 0.2) is 10.5 Å². The predicted molar refractivity (Wildman–Crippen MR) is 52.6 cm³/mol. The number of rotatable bonds is 2. The molecule has 0 amide bonds. The summed E-state index contributed by atoms with van der Waals surface area (Å²) in [5.41, 5.74) is -2.29. The Kier molecular flexibility index (Phi) is 3.65. The second-order valence-electron chi connectivity index (χ2n) is 2.93. The molecule has 0 aromatic heterocycles. The maximum Gasteiger partial charge on any atom is 0.420 e. The highest BCUT2D eigenvalue weighted by Crippen LogP contribution is 2.41. The lowest BCUT2D eigenvalue weighted by molar-refractivity contribution is -0.139. The fourth-order valence-electron chi connectivity index (χ4n) is 1.21. The van der Waals surface area contributed by atoms with E-state index in [2.05, 4.69) is 20.7 Å². The molecule has 0 unspecified atom stereocenters. The molecule has 0 atom stereocenters. The molecule has 0 spiro atoms. The smallest absolute Gasteiger partial charge is 0.420 e. The van der Waals surface area contributed by atoms with Crippen LogP contribution in [0.3, 0.4) is 0 Å². The first-order chi connectivity index (χ1) is 7.70. The monoisotopic (exact) mass is 316 g/mol. The van der Waals surface area contributed by atoms with E-state index in [1.807, 2.05) is 0 Å². The molecular weight excluding hydrogens is 312 g/mol. The number of aromatic carboxylic acids is 1. The predicted octanol–water partition coefficient (Wildman–Crippen LogP) is 3.31. The number of hydrogen-bond acceptors (Lipinski definition) is 2. The van der Waals surface area contributed by atoms with Gasteiger partial charge in [-0.05, 0) is 22.0 Å².